The van der Waals surface area contributed by atoms with Gasteiger partial charge in [0.2, 0.25) is 0 Å². The average molecular weight is 310 g/mol. The van der Waals surface area contributed by atoms with Crippen LogP contribution in [0, 0.1) is 0 Å². The molecule has 1 atom stereocenters. The van der Waals surface area contributed by atoms with Crippen LogP contribution in [-0.2, 0) is 0 Å². The van der Waals surface area contributed by atoms with Crippen LogP contribution >= 0.6 is 27.7 Å². The predicted molar refractivity (Wildman–Crippen MR) is 76.1 cm³/mol. The maximum atomic E-state index is 11.9. The lowest BCUT2D eigenvalue weighted by molar-refractivity contribution is 0.102. The van der Waals surface area contributed by atoms with Crippen LogP contribution in [-0.4, -0.2) is 16.9 Å². The number of benzene rings is 1. The summed E-state index contributed by atoms with van der Waals surface area (Å²) in [6.45, 7) is 0. The Morgan fingerprint density at radius 3 is 2.71 bits per heavy atom. The Kier molecular flexibility index (Phi) is 4.45. The van der Waals surface area contributed by atoms with Crippen molar-refractivity contribution in [2.75, 3.05) is 5.75 Å². The minimum Gasteiger partial charge on any atom is -0.376 e. The molecule has 1 heterocycles. The summed E-state index contributed by atoms with van der Waals surface area (Å²) in [6.07, 6.45) is 7.85. The fourth-order valence-electron chi connectivity index (χ4n) is 1.41. The molecule has 0 radical (unpaired) electrons. The minimum atomic E-state index is 0.159. The molecule has 1 aromatic carbocycles. The first kappa shape index (κ1) is 12.5. The van der Waals surface area contributed by atoms with Crippen LogP contribution in [0.2, 0.25) is 0 Å². The van der Waals surface area contributed by atoms with E-state index in [1.54, 1.807) is 11.8 Å². The lowest BCUT2D eigenvalue weighted by atomic mass is 10.2. The zero-order valence-electron chi connectivity index (χ0n) is 9.10. The number of dihydropyridines is 1. The van der Waals surface area contributed by atoms with Gasteiger partial charge in [-0.2, -0.15) is 0 Å². The summed E-state index contributed by atoms with van der Waals surface area (Å²) < 4.78 is 0.990. The molecule has 0 fully saturated rings. The average Bonchev–Trinajstić information content (AvgIpc) is 2.38. The standard InChI is InChI=1S/C13H12BrNOS/c14-11-6-4-10(5-7-11)12(16)9-17-13-3-1-2-8-15-13/h1-8,13,15H,9H2. The van der Waals surface area contributed by atoms with Gasteiger partial charge in [-0.25, -0.2) is 0 Å². The highest BCUT2D eigenvalue weighted by atomic mass is 79.9. The van der Waals surface area contributed by atoms with Gasteiger partial charge in [-0.3, -0.25) is 4.79 Å². The van der Waals surface area contributed by atoms with E-state index in [-0.39, 0.29) is 11.2 Å². The topological polar surface area (TPSA) is 29.1 Å². The van der Waals surface area contributed by atoms with E-state index in [0.29, 0.717) is 5.75 Å². The van der Waals surface area contributed by atoms with Crippen LogP contribution in [0.5, 0.6) is 0 Å². The number of Topliss-reactive ketones (excluding diaryl/α,β-unsaturated/α-hetero) is 1. The normalized spacial score (nSPS) is 17.8. The molecule has 2 nitrogen and oxygen atoms in total. The van der Waals surface area contributed by atoms with Gasteiger partial charge in [0.05, 0.1) is 11.1 Å². The summed E-state index contributed by atoms with van der Waals surface area (Å²) in [5.74, 6) is 0.643. The number of carbonyl (C=O) groups is 1. The molecule has 0 amide bonds. The molecule has 1 aliphatic heterocycles. The van der Waals surface area contributed by atoms with E-state index in [2.05, 4.69) is 21.2 Å². The SMILES string of the molecule is O=C(CSC1C=CC=CN1)c1ccc(Br)cc1. The molecule has 1 N–H and O–H groups in total. The molecule has 17 heavy (non-hydrogen) atoms. The number of hydrogen-bond acceptors (Lipinski definition) is 3. The quantitative estimate of drug-likeness (QED) is 0.865. The largest absolute Gasteiger partial charge is 0.376 e. The van der Waals surface area contributed by atoms with Crippen LogP contribution in [0.25, 0.3) is 0 Å². The van der Waals surface area contributed by atoms with Crippen LogP contribution in [0.15, 0.2) is 53.2 Å². The molecule has 2 rings (SSSR count). The number of allylic oxidation sites excluding steroid dienone is 2. The second-order valence-corrected chi connectivity index (χ2v) is 5.62. The molecule has 0 saturated heterocycles. The van der Waals surface area contributed by atoms with Crippen LogP contribution in [0.4, 0.5) is 0 Å². The summed E-state index contributed by atoms with van der Waals surface area (Å²) in [5, 5.41) is 3.36. The number of carbonyl (C=O) groups excluding carboxylic acids is 1. The molecule has 1 aromatic rings. The minimum absolute atomic E-state index is 0.159. The van der Waals surface area contributed by atoms with Crippen molar-refractivity contribution in [2.24, 2.45) is 0 Å². The Bertz CT molecular complexity index is 453. The Balaban J connectivity index is 1.87. The molecule has 0 aromatic heterocycles. The Morgan fingerprint density at radius 1 is 1.29 bits per heavy atom. The van der Waals surface area contributed by atoms with Crippen LogP contribution in [0.3, 0.4) is 0 Å². The van der Waals surface area contributed by atoms with E-state index < -0.39 is 0 Å². The van der Waals surface area contributed by atoms with Crippen molar-refractivity contribution in [2.45, 2.75) is 5.37 Å². The smallest absolute Gasteiger partial charge is 0.172 e. The van der Waals surface area contributed by atoms with Gasteiger partial charge >= 0.3 is 0 Å². The van der Waals surface area contributed by atoms with Gasteiger partial charge in [-0.05, 0) is 24.4 Å². The number of thioether (sulfide) groups is 1. The fraction of sp³-hybridized carbons (Fsp3) is 0.154. The van der Waals surface area contributed by atoms with E-state index in [1.165, 1.54) is 0 Å². The van der Waals surface area contributed by atoms with Crippen molar-refractivity contribution < 1.29 is 4.79 Å². The molecule has 1 aliphatic rings. The highest BCUT2D eigenvalue weighted by molar-refractivity contribution is 9.10. The van der Waals surface area contributed by atoms with Gasteiger partial charge in [-0.1, -0.05) is 40.2 Å². The van der Waals surface area contributed by atoms with Crippen molar-refractivity contribution in [1.82, 2.24) is 5.32 Å². The molecule has 0 spiro atoms. The maximum absolute atomic E-state index is 11.9. The fourth-order valence-corrected chi connectivity index (χ4v) is 2.55. The number of ketones is 1. The van der Waals surface area contributed by atoms with Gasteiger partial charge in [0.25, 0.3) is 0 Å². The number of nitrogens with one attached hydrogen (secondary N) is 1. The Labute approximate surface area is 113 Å². The van der Waals surface area contributed by atoms with Crippen molar-refractivity contribution in [1.29, 1.82) is 0 Å². The molecular weight excluding hydrogens is 298 g/mol. The highest BCUT2D eigenvalue weighted by Gasteiger charge is 2.10. The van der Waals surface area contributed by atoms with Crippen molar-refractivity contribution >= 4 is 33.5 Å². The summed E-state index contributed by atoms with van der Waals surface area (Å²) in [7, 11) is 0. The maximum Gasteiger partial charge on any atom is 0.172 e. The van der Waals surface area contributed by atoms with Gasteiger partial charge < -0.3 is 5.32 Å². The van der Waals surface area contributed by atoms with Crippen LogP contribution < -0.4 is 5.32 Å². The number of rotatable bonds is 4. The van der Waals surface area contributed by atoms with E-state index in [4.69, 9.17) is 0 Å². The molecule has 1 unspecified atom stereocenters. The van der Waals surface area contributed by atoms with Crippen molar-refractivity contribution in [3.8, 4) is 0 Å². The second-order valence-electron chi connectivity index (χ2n) is 3.57. The van der Waals surface area contributed by atoms with E-state index in [1.807, 2.05) is 48.7 Å². The second kappa shape index (κ2) is 6.07. The van der Waals surface area contributed by atoms with Gasteiger partial charge in [0.15, 0.2) is 5.78 Å². The lowest BCUT2D eigenvalue weighted by Gasteiger charge is -2.14. The third-order valence-electron chi connectivity index (χ3n) is 2.31. The summed E-state index contributed by atoms with van der Waals surface area (Å²) in [4.78, 5) is 11.9. The molecule has 4 heteroatoms. The highest BCUT2D eigenvalue weighted by Crippen LogP contribution is 2.16. The Morgan fingerprint density at radius 2 is 2.06 bits per heavy atom. The van der Waals surface area contributed by atoms with Gasteiger partial charge in [0, 0.05) is 10.0 Å². The van der Waals surface area contributed by atoms with Crippen molar-refractivity contribution in [3.05, 3.63) is 58.7 Å². The summed E-state index contributed by atoms with van der Waals surface area (Å²) in [5.41, 5.74) is 0.760. The first-order chi connectivity index (χ1) is 8.25. The molecule has 0 bridgehead atoms. The van der Waals surface area contributed by atoms with Crippen LogP contribution in [0.1, 0.15) is 10.4 Å². The van der Waals surface area contributed by atoms with Gasteiger partial charge in [-0.15, -0.1) is 11.8 Å². The summed E-state index contributed by atoms with van der Waals surface area (Å²) >= 11 is 4.95. The first-order valence-corrected chi connectivity index (χ1v) is 7.09. The lowest BCUT2D eigenvalue weighted by Crippen LogP contribution is -2.21. The zero-order valence-corrected chi connectivity index (χ0v) is 11.5. The number of hydrogen-bond donors (Lipinski definition) is 1. The first-order valence-electron chi connectivity index (χ1n) is 5.25. The third-order valence-corrected chi connectivity index (χ3v) is 3.92. The molecular formula is C13H12BrNOS. The zero-order chi connectivity index (χ0) is 12.1. The molecule has 0 saturated carbocycles. The van der Waals surface area contributed by atoms with Gasteiger partial charge in [0.1, 0.15) is 0 Å². The summed E-state index contributed by atoms with van der Waals surface area (Å²) in [6, 6.07) is 7.47. The Hall–Kier alpha value is -1.000. The van der Waals surface area contributed by atoms with E-state index in [0.717, 1.165) is 10.0 Å². The molecule has 88 valence electrons. The van der Waals surface area contributed by atoms with E-state index in [9.17, 15) is 4.79 Å². The third kappa shape index (κ3) is 3.75. The predicted octanol–water partition coefficient (Wildman–Crippen LogP) is 3.36. The van der Waals surface area contributed by atoms with E-state index >= 15 is 0 Å². The number of halogens is 1. The molecule has 0 aliphatic carbocycles. The van der Waals surface area contributed by atoms with Crippen molar-refractivity contribution in [3.63, 3.8) is 0 Å². The monoisotopic (exact) mass is 309 g/mol.